The third-order valence-corrected chi connectivity index (χ3v) is 6.55. The molecule has 0 spiro atoms. The minimum Gasteiger partial charge on any atom is -0.633 e. The summed E-state index contributed by atoms with van der Waals surface area (Å²) in [6, 6.07) is 0. The summed E-state index contributed by atoms with van der Waals surface area (Å²) in [6.45, 7) is -0.331. The molecule has 0 aliphatic carbocycles. The van der Waals surface area contributed by atoms with Gasteiger partial charge in [0.05, 0.1) is 38.2 Å². The molecule has 0 aromatic carbocycles. The molecule has 2 unspecified atom stereocenters. The summed E-state index contributed by atoms with van der Waals surface area (Å²) < 4.78 is 194. The molecular formula is C17H25F13N2O3S. The predicted octanol–water partition coefficient (Wildman–Crippen LogP) is 5.62. The standard InChI is InChI=1S/C17H25F13N2O3S/c1-32(2,33)7-4-6-31-36(34,35)8-3-5-11(14(19,20)21)9-12(15(22,23)24)10-13(18,16(25,26)27)17(28,29)30/h11-12,31H,3-10H2,1-2H3. The molecule has 0 aromatic heterocycles. The zero-order valence-corrected chi connectivity index (χ0v) is 19.6. The minimum absolute atomic E-state index is 0.0254. The molecule has 5 nitrogen and oxygen atoms in total. The van der Waals surface area contributed by atoms with Crippen molar-refractivity contribution in [1.29, 1.82) is 0 Å². The van der Waals surface area contributed by atoms with Crippen molar-refractivity contribution < 1.29 is 70.1 Å². The van der Waals surface area contributed by atoms with E-state index in [2.05, 4.69) is 0 Å². The summed E-state index contributed by atoms with van der Waals surface area (Å²) >= 11 is 0. The first kappa shape index (κ1) is 34.9. The van der Waals surface area contributed by atoms with Gasteiger partial charge in [0, 0.05) is 19.4 Å². The van der Waals surface area contributed by atoms with E-state index in [1.807, 2.05) is 4.72 Å². The highest BCUT2D eigenvalue weighted by atomic mass is 32.2. The fraction of sp³-hybridized carbons (Fsp3) is 1.00. The van der Waals surface area contributed by atoms with Gasteiger partial charge in [-0.2, -0.15) is 52.7 Å². The molecule has 0 radical (unpaired) electrons. The van der Waals surface area contributed by atoms with Gasteiger partial charge >= 0.3 is 24.7 Å². The minimum atomic E-state index is -6.90. The Hall–Kier alpha value is -1.08. The number of rotatable bonds is 13. The molecule has 0 aliphatic heterocycles. The lowest BCUT2D eigenvalue weighted by Crippen LogP contribution is -2.55. The van der Waals surface area contributed by atoms with Crippen molar-refractivity contribution >= 4 is 10.0 Å². The van der Waals surface area contributed by atoms with E-state index in [0.717, 1.165) is 0 Å². The van der Waals surface area contributed by atoms with Crippen molar-refractivity contribution in [1.82, 2.24) is 4.72 Å². The normalized spacial score (nSPS) is 16.8. The van der Waals surface area contributed by atoms with Crippen LogP contribution in [0.2, 0.25) is 0 Å². The second kappa shape index (κ2) is 11.8. The van der Waals surface area contributed by atoms with Crippen molar-refractivity contribution in [3.05, 3.63) is 5.21 Å². The topological polar surface area (TPSA) is 69.2 Å². The maximum atomic E-state index is 13.8. The van der Waals surface area contributed by atoms with Crippen molar-refractivity contribution in [3.8, 4) is 0 Å². The van der Waals surface area contributed by atoms with E-state index in [4.69, 9.17) is 0 Å². The molecule has 19 heteroatoms. The van der Waals surface area contributed by atoms with Crippen LogP contribution in [-0.4, -0.2) is 76.4 Å². The quantitative estimate of drug-likeness (QED) is 0.132. The molecule has 0 bridgehead atoms. The summed E-state index contributed by atoms with van der Waals surface area (Å²) in [5.74, 6) is -8.24. The van der Waals surface area contributed by atoms with Crippen LogP contribution in [0.3, 0.4) is 0 Å². The van der Waals surface area contributed by atoms with Crippen molar-refractivity contribution in [2.45, 2.75) is 62.5 Å². The highest BCUT2D eigenvalue weighted by Crippen LogP contribution is 2.53. The first-order valence-electron chi connectivity index (χ1n) is 10.1. The van der Waals surface area contributed by atoms with Crippen LogP contribution in [-0.2, 0) is 10.0 Å². The number of nitrogens with one attached hydrogen (secondary N) is 1. The van der Waals surface area contributed by atoms with E-state index in [0.29, 0.717) is 0 Å². The van der Waals surface area contributed by atoms with Gasteiger partial charge in [0.2, 0.25) is 10.0 Å². The SMILES string of the molecule is C[N+](C)([O-])CCCNS(=O)(=O)CCCC(CC(CC(F)(C(F)(F)F)C(F)(F)F)C(F)(F)F)C(F)(F)F. The van der Waals surface area contributed by atoms with Gasteiger partial charge in [0.1, 0.15) is 0 Å². The summed E-state index contributed by atoms with van der Waals surface area (Å²) in [4.78, 5) is 0. The molecule has 218 valence electrons. The molecule has 36 heavy (non-hydrogen) atoms. The maximum Gasteiger partial charge on any atom is 0.431 e. The lowest BCUT2D eigenvalue weighted by Gasteiger charge is -2.35. The Kier molecular flexibility index (Phi) is 11.4. The largest absolute Gasteiger partial charge is 0.633 e. The van der Waals surface area contributed by atoms with E-state index in [-0.39, 0.29) is 19.5 Å². The van der Waals surface area contributed by atoms with Crippen LogP contribution in [0, 0.1) is 17.0 Å². The Morgan fingerprint density at radius 3 is 1.58 bits per heavy atom. The Balaban J connectivity index is 5.52. The third kappa shape index (κ3) is 11.5. The second-order valence-corrected chi connectivity index (χ2v) is 10.6. The van der Waals surface area contributed by atoms with Crippen LogP contribution in [0.5, 0.6) is 0 Å². The lowest BCUT2D eigenvalue weighted by atomic mass is 9.82. The van der Waals surface area contributed by atoms with Gasteiger partial charge in [-0.3, -0.25) is 0 Å². The molecule has 0 rings (SSSR count). The first-order valence-corrected chi connectivity index (χ1v) is 11.7. The Morgan fingerprint density at radius 1 is 0.778 bits per heavy atom. The Bertz CT molecular complexity index is 770. The molecule has 0 saturated heterocycles. The number of hydroxylamine groups is 3. The number of hydrogen-bond acceptors (Lipinski definition) is 3. The fourth-order valence-electron chi connectivity index (χ4n) is 3.10. The van der Waals surface area contributed by atoms with Crippen molar-refractivity contribution in [2.24, 2.45) is 11.8 Å². The smallest absolute Gasteiger partial charge is 0.431 e. The third-order valence-electron chi connectivity index (χ3n) is 5.08. The van der Waals surface area contributed by atoms with Crippen LogP contribution < -0.4 is 4.72 Å². The number of halogens is 13. The van der Waals surface area contributed by atoms with E-state index in [9.17, 15) is 70.7 Å². The van der Waals surface area contributed by atoms with E-state index in [1.54, 1.807) is 0 Å². The van der Waals surface area contributed by atoms with Crippen molar-refractivity contribution in [3.63, 3.8) is 0 Å². The van der Waals surface area contributed by atoms with Gasteiger partial charge in [0.15, 0.2) is 0 Å². The Morgan fingerprint density at radius 2 is 1.22 bits per heavy atom. The molecule has 0 aliphatic rings. The number of sulfonamides is 1. The van der Waals surface area contributed by atoms with Gasteiger partial charge in [-0.05, 0) is 19.3 Å². The van der Waals surface area contributed by atoms with E-state index >= 15 is 0 Å². The summed E-state index contributed by atoms with van der Waals surface area (Å²) in [7, 11) is -1.78. The molecule has 0 aromatic rings. The molecular weight excluding hydrogens is 559 g/mol. The molecule has 1 N–H and O–H groups in total. The van der Waals surface area contributed by atoms with E-state index < -0.39 is 88.3 Å². The summed E-state index contributed by atoms with van der Waals surface area (Å²) in [5, 5.41) is 11.3. The zero-order chi connectivity index (χ0) is 29.0. The first-order chi connectivity index (χ1) is 15.6. The lowest BCUT2D eigenvalue weighted by molar-refractivity contribution is -0.840. The molecule has 0 heterocycles. The van der Waals surface area contributed by atoms with Crippen LogP contribution >= 0.6 is 0 Å². The van der Waals surface area contributed by atoms with Gasteiger partial charge in [-0.1, -0.05) is 0 Å². The molecule has 0 fully saturated rings. The van der Waals surface area contributed by atoms with Crippen LogP contribution in [0.25, 0.3) is 0 Å². The van der Waals surface area contributed by atoms with Crippen LogP contribution in [0.4, 0.5) is 57.1 Å². The maximum absolute atomic E-state index is 13.8. The van der Waals surface area contributed by atoms with Crippen LogP contribution in [0.1, 0.15) is 32.1 Å². The average molecular weight is 584 g/mol. The molecule has 2 atom stereocenters. The number of nitrogens with zero attached hydrogens (tertiary/aromatic N) is 1. The summed E-state index contributed by atoms with van der Waals surface area (Å²) in [6.07, 6.45) is -33.6. The van der Waals surface area contributed by atoms with Crippen LogP contribution in [0.15, 0.2) is 0 Å². The second-order valence-electron chi connectivity index (χ2n) is 8.72. The number of quaternary nitrogens is 1. The van der Waals surface area contributed by atoms with Gasteiger partial charge in [-0.15, -0.1) is 0 Å². The van der Waals surface area contributed by atoms with E-state index in [1.165, 1.54) is 14.1 Å². The number of hydrogen-bond donors (Lipinski definition) is 1. The average Bonchev–Trinajstić information content (AvgIpc) is 2.59. The predicted molar refractivity (Wildman–Crippen MR) is 100 cm³/mol. The summed E-state index contributed by atoms with van der Waals surface area (Å²) in [5.41, 5.74) is -6.43. The van der Waals surface area contributed by atoms with Gasteiger partial charge in [0.25, 0.3) is 5.67 Å². The highest BCUT2D eigenvalue weighted by Gasteiger charge is 2.74. The fourth-order valence-corrected chi connectivity index (χ4v) is 4.25. The van der Waals surface area contributed by atoms with Gasteiger partial charge in [-0.25, -0.2) is 17.5 Å². The molecule has 0 saturated carbocycles. The monoisotopic (exact) mass is 584 g/mol. The van der Waals surface area contributed by atoms with Crippen molar-refractivity contribution in [2.75, 3.05) is 32.9 Å². The van der Waals surface area contributed by atoms with Gasteiger partial charge < -0.3 is 9.85 Å². The highest BCUT2D eigenvalue weighted by molar-refractivity contribution is 7.89. The molecule has 0 amide bonds. The zero-order valence-electron chi connectivity index (χ0n) is 18.8. The number of alkyl halides is 13. The Labute approximate surface area is 198 Å².